The number of nitrogens with one attached hydrogen (secondary N) is 2. The summed E-state index contributed by atoms with van der Waals surface area (Å²) in [6.45, 7) is 2.06. The van der Waals surface area contributed by atoms with Gasteiger partial charge in [-0.2, -0.15) is 0 Å². The number of rotatable bonds is 5. The van der Waals surface area contributed by atoms with Crippen molar-refractivity contribution in [1.82, 2.24) is 15.3 Å². The van der Waals surface area contributed by atoms with Crippen LogP contribution in [-0.4, -0.2) is 33.1 Å². The molecule has 0 saturated heterocycles. The van der Waals surface area contributed by atoms with Crippen molar-refractivity contribution in [3.8, 4) is 0 Å². The largest absolute Gasteiger partial charge is 0.394 e. The van der Waals surface area contributed by atoms with Crippen LogP contribution in [0.3, 0.4) is 0 Å². The minimum atomic E-state index is -0.387. The maximum atomic E-state index is 12.2. The molecule has 0 spiro atoms. The van der Waals surface area contributed by atoms with Gasteiger partial charge in [-0.1, -0.05) is 25.0 Å². The molecule has 0 aliphatic heterocycles. The molecule has 1 aromatic carbocycles. The number of aliphatic hydroxyl groups excluding tert-OH is 1. The van der Waals surface area contributed by atoms with Gasteiger partial charge >= 0.3 is 0 Å². The Kier molecular flexibility index (Phi) is 4.16. The quantitative estimate of drug-likeness (QED) is 0.792. The number of hydrogen-bond donors (Lipinski definition) is 3. The first-order chi connectivity index (χ1) is 10.6. The fourth-order valence-corrected chi connectivity index (χ4v) is 3.31. The Morgan fingerprint density at radius 2 is 2.18 bits per heavy atom. The second-order valence-electron chi connectivity index (χ2n) is 6.35. The number of aryl methyl sites for hydroxylation is 2. The van der Waals surface area contributed by atoms with Gasteiger partial charge in [0, 0.05) is 12.8 Å². The summed E-state index contributed by atoms with van der Waals surface area (Å²) in [6, 6.07) is 6.03. The van der Waals surface area contributed by atoms with E-state index in [-0.39, 0.29) is 18.1 Å². The van der Waals surface area contributed by atoms with Gasteiger partial charge in [0.05, 0.1) is 23.2 Å². The highest BCUT2D eigenvalue weighted by atomic mass is 16.3. The van der Waals surface area contributed by atoms with Crippen LogP contribution in [0.25, 0.3) is 11.0 Å². The summed E-state index contributed by atoms with van der Waals surface area (Å²) in [5.41, 5.74) is 2.73. The van der Waals surface area contributed by atoms with E-state index in [1.807, 2.05) is 25.1 Å². The highest BCUT2D eigenvalue weighted by molar-refractivity contribution is 5.79. The van der Waals surface area contributed by atoms with E-state index in [0.29, 0.717) is 12.8 Å². The maximum absolute atomic E-state index is 12.2. The number of carbonyl (C=O) groups excluding carboxylic acids is 1. The monoisotopic (exact) mass is 301 g/mol. The summed E-state index contributed by atoms with van der Waals surface area (Å²) in [5.74, 6) is 0.831. The zero-order valence-corrected chi connectivity index (χ0v) is 13.0. The first-order valence-corrected chi connectivity index (χ1v) is 7.98. The molecule has 0 radical (unpaired) electrons. The predicted octanol–water partition coefficient (Wildman–Crippen LogP) is 2.23. The van der Waals surface area contributed by atoms with Crippen LogP contribution in [-0.2, 0) is 11.2 Å². The summed E-state index contributed by atoms with van der Waals surface area (Å²) in [5, 5.41) is 12.6. The number of imidazole rings is 1. The third-order valence-electron chi connectivity index (χ3n) is 4.62. The summed E-state index contributed by atoms with van der Waals surface area (Å²) in [4.78, 5) is 20.0. The van der Waals surface area contributed by atoms with Crippen LogP contribution < -0.4 is 5.32 Å². The second-order valence-corrected chi connectivity index (χ2v) is 6.35. The molecule has 118 valence electrons. The molecule has 1 heterocycles. The molecule has 2 aromatic rings. The SMILES string of the molecule is Cc1cccc2[nH]c(CCC(=O)NC3(CO)CCCC3)nc12. The lowest BCUT2D eigenvalue weighted by Crippen LogP contribution is -2.49. The van der Waals surface area contributed by atoms with Gasteiger partial charge in [0.15, 0.2) is 0 Å². The van der Waals surface area contributed by atoms with Crippen molar-refractivity contribution >= 4 is 16.9 Å². The fraction of sp³-hybridized carbons (Fsp3) is 0.529. The minimum Gasteiger partial charge on any atom is -0.394 e. The number of fused-ring (bicyclic) bond motifs is 1. The van der Waals surface area contributed by atoms with E-state index in [1.54, 1.807) is 0 Å². The van der Waals surface area contributed by atoms with Gasteiger partial charge in [0.25, 0.3) is 0 Å². The Labute approximate surface area is 130 Å². The average molecular weight is 301 g/mol. The molecule has 3 rings (SSSR count). The zero-order valence-electron chi connectivity index (χ0n) is 13.0. The summed E-state index contributed by atoms with van der Waals surface area (Å²) in [7, 11) is 0. The Morgan fingerprint density at radius 3 is 2.86 bits per heavy atom. The lowest BCUT2D eigenvalue weighted by Gasteiger charge is -2.27. The average Bonchev–Trinajstić information content (AvgIpc) is 3.13. The zero-order chi connectivity index (χ0) is 15.6. The van der Waals surface area contributed by atoms with Crippen molar-refractivity contribution < 1.29 is 9.90 Å². The highest BCUT2D eigenvalue weighted by Crippen LogP contribution is 2.29. The second kappa shape index (κ2) is 6.08. The van der Waals surface area contributed by atoms with E-state index >= 15 is 0 Å². The van der Waals surface area contributed by atoms with Gasteiger partial charge in [-0.05, 0) is 31.4 Å². The van der Waals surface area contributed by atoms with Crippen LogP contribution >= 0.6 is 0 Å². The van der Waals surface area contributed by atoms with Crippen molar-refractivity contribution in [2.75, 3.05) is 6.61 Å². The Morgan fingerprint density at radius 1 is 1.41 bits per heavy atom. The topological polar surface area (TPSA) is 78.0 Å². The lowest BCUT2D eigenvalue weighted by atomic mass is 9.98. The van der Waals surface area contributed by atoms with Gasteiger partial charge in [0.2, 0.25) is 5.91 Å². The number of hydrogen-bond acceptors (Lipinski definition) is 3. The van der Waals surface area contributed by atoms with Gasteiger partial charge in [-0.15, -0.1) is 0 Å². The van der Waals surface area contributed by atoms with Crippen LogP contribution in [0.5, 0.6) is 0 Å². The molecule has 1 saturated carbocycles. The number of nitrogens with zero attached hydrogens (tertiary/aromatic N) is 1. The number of amides is 1. The first kappa shape index (κ1) is 15.0. The van der Waals surface area contributed by atoms with Gasteiger partial charge in [-0.3, -0.25) is 4.79 Å². The number of carbonyl (C=O) groups is 1. The number of aliphatic hydroxyl groups is 1. The van der Waals surface area contributed by atoms with Crippen molar-refractivity contribution in [3.63, 3.8) is 0 Å². The number of aromatic amines is 1. The molecule has 1 aliphatic carbocycles. The molecule has 5 nitrogen and oxygen atoms in total. The van der Waals surface area contributed by atoms with Crippen molar-refractivity contribution in [3.05, 3.63) is 29.6 Å². The van der Waals surface area contributed by atoms with Gasteiger partial charge < -0.3 is 15.4 Å². The molecular weight excluding hydrogens is 278 g/mol. The fourth-order valence-electron chi connectivity index (χ4n) is 3.31. The van der Waals surface area contributed by atoms with E-state index in [4.69, 9.17) is 0 Å². The minimum absolute atomic E-state index is 0.00636. The molecule has 1 aliphatic rings. The van der Waals surface area contributed by atoms with Crippen molar-refractivity contribution in [2.45, 2.75) is 51.0 Å². The number of H-pyrrole nitrogens is 1. The van der Waals surface area contributed by atoms with E-state index in [1.165, 1.54) is 0 Å². The smallest absolute Gasteiger partial charge is 0.220 e. The molecule has 0 atom stereocenters. The number of benzene rings is 1. The first-order valence-electron chi connectivity index (χ1n) is 7.98. The van der Waals surface area contributed by atoms with Crippen LogP contribution in [0.4, 0.5) is 0 Å². The van der Waals surface area contributed by atoms with E-state index in [9.17, 15) is 9.90 Å². The molecule has 1 aromatic heterocycles. The Bertz CT molecular complexity index is 672. The third kappa shape index (κ3) is 2.99. The van der Waals surface area contributed by atoms with Crippen molar-refractivity contribution in [2.24, 2.45) is 0 Å². The Hall–Kier alpha value is -1.88. The van der Waals surface area contributed by atoms with E-state index in [2.05, 4.69) is 15.3 Å². The molecular formula is C17H23N3O2. The summed E-state index contributed by atoms with van der Waals surface area (Å²) < 4.78 is 0. The molecule has 22 heavy (non-hydrogen) atoms. The molecule has 3 N–H and O–H groups in total. The molecule has 5 heteroatoms. The Balaban J connectivity index is 1.61. The lowest BCUT2D eigenvalue weighted by molar-refractivity contribution is -0.123. The normalized spacial score (nSPS) is 17.0. The van der Waals surface area contributed by atoms with Gasteiger partial charge in [-0.25, -0.2) is 4.98 Å². The van der Waals surface area contributed by atoms with Crippen molar-refractivity contribution in [1.29, 1.82) is 0 Å². The predicted molar refractivity (Wildman–Crippen MR) is 85.6 cm³/mol. The van der Waals surface area contributed by atoms with E-state index in [0.717, 1.165) is 48.1 Å². The van der Waals surface area contributed by atoms with Gasteiger partial charge in [0.1, 0.15) is 5.82 Å². The maximum Gasteiger partial charge on any atom is 0.220 e. The molecule has 1 fully saturated rings. The number of para-hydroxylation sites is 1. The van der Waals surface area contributed by atoms with Crippen LogP contribution in [0.1, 0.15) is 43.5 Å². The number of aromatic nitrogens is 2. The van der Waals surface area contributed by atoms with Crippen LogP contribution in [0.15, 0.2) is 18.2 Å². The highest BCUT2D eigenvalue weighted by Gasteiger charge is 2.34. The summed E-state index contributed by atoms with van der Waals surface area (Å²) in [6.07, 6.45) is 4.87. The van der Waals surface area contributed by atoms with E-state index < -0.39 is 0 Å². The standard InChI is InChI=1S/C17H23N3O2/c1-12-5-4-6-13-16(12)19-14(18-13)7-8-15(22)20-17(11-21)9-2-3-10-17/h4-6,21H,2-3,7-11H2,1H3,(H,18,19)(H,20,22). The molecule has 0 bridgehead atoms. The third-order valence-corrected chi connectivity index (χ3v) is 4.62. The van der Waals surface area contributed by atoms with Crippen LogP contribution in [0, 0.1) is 6.92 Å². The molecule has 0 unspecified atom stereocenters. The molecule has 1 amide bonds. The van der Waals surface area contributed by atoms with Crippen LogP contribution in [0.2, 0.25) is 0 Å². The summed E-state index contributed by atoms with van der Waals surface area (Å²) >= 11 is 0.